The Kier molecular flexibility index (Phi) is 1760. The molecule has 0 unspecified atom stereocenters. The third-order valence-corrected chi connectivity index (χ3v) is 0. The fourth-order valence-electron chi connectivity index (χ4n) is 0. The molecule has 0 amide bonds. The van der Waals surface area contributed by atoms with Gasteiger partial charge in [0.2, 0.25) is 0 Å². The van der Waals surface area contributed by atoms with Gasteiger partial charge in [-0.2, -0.15) is 0 Å². The van der Waals surface area contributed by atoms with Crippen LogP contribution in [-0.2, 0) is 44.4 Å². The minimum Gasteiger partial charge on any atom is -2.00 e. The van der Waals surface area contributed by atoms with E-state index < -0.39 is 0 Å². The Bertz CT molecular complexity index is 16.9. The molecule has 0 heterocycles. The molecule has 0 spiro atoms. The van der Waals surface area contributed by atoms with Crippen LogP contribution in [0.25, 0.3) is 0 Å². The van der Waals surface area contributed by atoms with Crippen LogP contribution in [0.15, 0.2) is 0 Å². The summed E-state index contributed by atoms with van der Waals surface area (Å²) in [6.45, 7) is 0. The van der Waals surface area contributed by atoms with Gasteiger partial charge < -0.3 is 27.4 Å². The van der Waals surface area contributed by atoms with Crippen LogP contribution >= 0.6 is 0 Å². The zero-order valence-corrected chi connectivity index (χ0v) is 12.5. The van der Waals surface area contributed by atoms with Crippen molar-refractivity contribution in [1.82, 2.24) is 0 Å². The summed E-state index contributed by atoms with van der Waals surface area (Å²) in [6, 6.07) is 0. The van der Waals surface area contributed by atoms with E-state index in [1.807, 2.05) is 0 Å². The van der Waals surface area contributed by atoms with Crippen molar-refractivity contribution >= 4 is 55.1 Å². The second-order valence-corrected chi connectivity index (χ2v) is 0. The standard InChI is InChI=1S/Al.Ca.La.Mn.5O/q+3;+2;+3;+2;5*-2. The molecule has 45 valence electrons. The van der Waals surface area contributed by atoms with E-state index in [-0.39, 0.29) is 135 Å². The van der Waals surface area contributed by atoms with Crippen LogP contribution in [0, 0.1) is 35.6 Å². The molecular formula is AlCaLaMnO5. The SMILES string of the molecule is [Al+3].[Ca+2].[La+3].[Mn+2].[O-2].[O-2].[O-2].[O-2].[O-2]. The first-order valence-electron chi connectivity index (χ1n) is 0. The second kappa shape index (κ2) is 110. The first-order chi connectivity index (χ1) is 0. The summed E-state index contributed by atoms with van der Waals surface area (Å²) in [6.07, 6.45) is 0. The van der Waals surface area contributed by atoms with Crippen LogP contribution in [0.4, 0.5) is 0 Å². The van der Waals surface area contributed by atoms with Crippen LogP contribution in [0.5, 0.6) is 0 Å². The largest absolute Gasteiger partial charge is 3.00 e. The van der Waals surface area contributed by atoms with E-state index in [1.54, 1.807) is 0 Å². The molecule has 0 aromatic rings. The van der Waals surface area contributed by atoms with Gasteiger partial charge in [0.1, 0.15) is 0 Å². The minimum atomic E-state index is 0. The fourth-order valence-corrected chi connectivity index (χ4v) is 0. The van der Waals surface area contributed by atoms with Crippen LogP contribution < -0.4 is 0 Å². The summed E-state index contributed by atoms with van der Waals surface area (Å²) in [5.74, 6) is 0. The summed E-state index contributed by atoms with van der Waals surface area (Å²) in [4.78, 5) is 0. The third kappa shape index (κ3) is 89.6. The van der Waals surface area contributed by atoms with Gasteiger partial charge >= 0.3 is 108 Å². The van der Waals surface area contributed by atoms with Crippen LogP contribution in [0.3, 0.4) is 0 Å². The molecule has 0 aromatic carbocycles. The molecule has 0 atom stereocenters. The van der Waals surface area contributed by atoms with Gasteiger partial charge in [-0.05, 0) is 0 Å². The molecule has 1 radical (unpaired) electrons. The van der Waals surface area contributed by atoms with Crippen molar-refractivity contribution in [2.75, 3.05) is 0 Å². The third-order valence-electron chi connectivity index (χ3n) is 0. The van der Waals surface area contributed by atoms with E-state index in [1.165, 1.54) is 0 Å². The normalized spacial score (nSPS) is 0. The first kappa shape index (κ1) is 144. The van der Waals surface area contributed by atoms with E-state index in [0.717, 1.165) is 0 Å². The first-order valence-corrected chi connectivity index (χ1v) is 0. The maximum absolute atomic E-state index is 0. The fraction of sp³-hybridized carbons (Fsp3) is 0. The molecule has 0 aliphatic rings. The zero-order valence-electron chi connectivity index (χ0n) is 4.28. The van der Waals surface area contributed by atoms with Gasteiger partial charge in [-0.3, -0.25) is 0 Å². The predicted octanol–water partition coefficient (Wildman–Crippen LogP) is -1.36. The molecule has 0 aliphatic heterocycles. The molecule has 0 saturated heterocycles. The number of hydrogen-bond acceptors (Lipinski definition) is 0. The monoisotopic (exact) mass is 341 g/mol. The molecule has 9 heavy (non-hydrogen) atoms. The van der Waals surface area contributed by atoms with E-state index in [0.29, 0.717) is 0 Å². The van der Waals surface area contributed by atoms with E-state index in [2.05, 4.69) is 0 Å². The molecular weight excluding hydrogens is 341 g/mol. The van der Waals surface area contributed by atoms with Crippen molar-refractivity contribution < 1.29 is 80.0 Å². The van der Waals surface area contributed by atoms with Gasteiger partial charge in [-0.15, -0.1) is 0 Å². The Labute approximate surface area is 132 Å². The van der Waals surface area contributed by atoms with Gasteiger partial charge in [0.05, 0.1) is 0 Å². The molecule has 5 nitrogen and oxygen atoms in total. The maximum Gasteiger partial charge on any atom is 3.00 e. The molecule has 0 saturated carbocycles. The maximum atomic E-state index is 0. The van der Waals surface area contributed by atoms with Crippen molar-refractivity contribution in [1.29, 1.82) is 0 Å². The van der Waals surface area contributed by atoms with Crippen molar-refractivity contribution in [3.63, 3.8) is 0 Å². The Balaban J connectivity index is 0. The molecule has 0 aliphatic carbocycles. The predicted molar refractivity (Wildman–Crippen MR) is 14.9 cm³/mol. The van der Waals surface area contributed by atoms with Crippen molar-refractivity contribution in [3.05, 3.63) is 0 Å². The smallest absolute Gasteiger partial charge is 2.00 e. The topological polar surface area (TPSA) is 142 Å². The average molecular weight is 341 g/mol. The molecule has 0 aromatic heterocycles. The van der Waals surface area contributed by atoms with Gasteiger partial charge in [0, 0.05) is 0 Å². The molecule has 0 fully saturated rings. The summed E-state index contributed by atoms with van der Waals surface area (Å²) < 4.78 is 0. The summed E-state index contributed by atoms with van der Waals surface area (Å²) in [5.41, 5.74) is 0. The van der Waals surface area contributed by atoms with Gasteiger partial charge in [0.15, 0.2) is 0 Å². The van der Waals surface area contributed by atoms with Crippen molar-refractivity contribution in [2.24, 2.45) is 0 Å². The van der Waals surface area contributed by atoms with Crippen LogP contribution in [-0.4, -0.2) is 55.1 Å². The van der Waals surface area contributed by atoms with E-state index in [9.17, 15) is 0 Å². The molecule has 0 bridgehead atoms. The van der Waals surface area contributed by atoms with E-state index >= 15 is 0 Å². The van der Waals surface area contributed by atoms with E-state index in [4.69, 9.17) is 0 Å². The molecule has 0 N–H and O–H groups in total. The number of rotatable bonds is 0. The Morgan fingerprint density at radius 2 is 0.556 bits per heavy atom. The Morgan fingerprint density at radius 3 is 0.556 bits per heavy atom. The quantitative estimate of drug-likeness (QED) is 0.480. The van der Waals surface area contributed by atoms with Crippen LogP contribution in [0.1, 0.15) is 0 Å². The summed E-state index contributed by atoms with van der Waals surface area (Å²) in [7, 11) is 0. The van der Waals surface area contributed by atoms with Crippen LogP contribution in [0.2, 0.25) is 0 Å². The van der Waals surface area contributed by atoms with Crippen molar-refractivity contribution in [2.45, 2.75) is 0 Å². The van der Waals surface area contributed by atoms with Crippen molar-refractivity contribution in [3.8, 4) is 0 Å². The van der Waals surface area contributed by atoms with Gasteiger partial charge in [0.25, 0.3) is 0 Å². The average Bonchev–Trinajstić information content (AvgIpc) is 0. The number of hydrogen-bond donors (Lipinski definition) is 0. The van der Waals surface area contributed by atoms with Gasteiger partial charge in [-0.25, -0.2) is 0 Å². The Hall–Kier alpha value is 3.31. The van der Waals surface area contributed by atoms with Gasteiger partial charge in [-0.1, -0.05) is 0 Å². The molecule has 9 heteroatoms. The zero-order chi connectivity index (χ0) is 0. The summed E-state index contributed by atoms with van der Waals surface area (Å²) >= 11 is 0. The minimum absolute atomic E-state index is 0. The molecule has 0 rings (SSSR count). The second-order valence-electron chi connectivity index (χ2n) is 0. The summed E-state index contributed by atoms with van der Waals surface area (Å²) in [5, 5.41) is 0. The Morgan fingerprint density at radius 1 is 0.556 bits per heavy atom.